The fourth-order valence-corrected chi connectivity index (χ4v) is 2.85. The van der Waals surface area contributed by atoms with E-state index in [0.29, 0.717) is 18.8 Å². The van der Waals surface area contributed by atoms with E-state index in [1.807, 2.05) is 60.7 Å². The largest absolute Gasteiger partial charge is 0.448 e. The lowest BCUT2D eigenvalue weighted by atomic mass is 10.1. The van der Waals surface area contributed by atoms with Crippen LogP contribution < -0.4 is 0 Å². The number of ether oxygens (including phenoxy) is 1. The van der Waals surface area contributed by atoms with Crippen LogP contribution in [0.3, 0.4) is 0 Å². The molecular weight excluding hydrogens is 366 g/mol. The predicted octanol–water partition coefficient (Wildman–Crippen LogP) is 3.56. The molecule has 0 bridgehead atoms. The maximum absolute atomic E-state index is 13.1. The van der Waals surface area contributed by atoms with Gasteiger partial charge in [0.05, 0.1) is 11.9 Å². The van der Waals surface area contributed by atoms with Crippen molar-refractivity contribution in [2.75, 3.05) is 0 Å². The normalized spacial score (nSPS) is 11.5. The molecule has 3 rings (SSSR count). The van der Waals surface area contributed by atoms with Gasteiger partial charge >= 0.3 is 5.97 Å². The van der Waals surface area contributed by atoms with E-state index in [0.717, 1.165) is 11.1 Å². The molecular formula is C23H23N3O3. The van der Waals surface area contributed by atoms with Gasteiger partial charge in [-0.1, -0.05) is 60.7 Å². The van der Waals surface area contributed by atoms with Crippen molar-refractivity contribution in [3.8, 4) is 0 Å². The quantitative estimate of drug-likeness (QED) is 0.578. The van der Waals surface area contributed by atoms with E-state index in [4.69, 9.17) is 4.74 Å². The Kier molecular flexibility index (Phi) is 6.68. The molecule has 0 saturated heterocycles. The number of aryl methyl sites for hydroxylation is 1. The van der Waals surface area contributed by atoms with E-state index in [9.17, 15) is 9.59 Å². The molecule has 0 fully saturated rings. The van der Waals surface area contributed by atoms with Gasteiger partial charge in [0.2, 0.25) is 0 Å². The lowest BCUT2D eigenvalue weighted by Crippen LogP contribution is -2.39. The zero-order chi connectivity index (χ0) is 20.6. The number of rotatable bonds is 7. The van der Waals surface area contributed by atoms with Crippen molar-refractivity contribution in [3.63, 3.8) is 0 Å². The highest BCUT2D eigenvalue weighted by Crippen LogP contribution is 2.13. The minimum absolute atomic E-state index is 0.0768. The van der Waals surface area contributed by atoms with Gasteiger partial charge in [-0.05, 0) is 25.0 Å². The van der Waals surface area contributed by atoms with E-state index in [-0.39, 0.29) is 11.6 Å². The number of hydrogen-bond donors (Lipinski definition) is 0. The first-order valence-electron chi connectivity index (χ1n) is 9.39. The van der Waals surface area contributed by atoms with Crippen LogP contribution in [0.4, 0.5) is 0 Å². The highest BCUT2D eigenvalue weighted by molar-refractivity contribution is 5.90. The van der Waals surface area contributed by atoms with Gasteiger partial charge in [0, 0.05) is 19.3 Å². The summed E-state index contributed by atoms with van der Waals surface area (Å²) in [5, 5.41) is 0. The molecule has 3 aromatic rings. The Morgan fingerprint density at radius 1 is 0.897 bits per heavy atom. The number of amides is 1. The van der Waals surface area contributed by atoms with Crippen molar-refractivity contribution in [2.45, 2.75) is 33.0 Å². The Labute approximate surface area is 170 Å². The summed E-state index contributed by atoms with van der Waals surface area (Å²) in [5.74, 6) is -0.941. The summed E-state index contributed by atoms with van der Waals surface area (Å²) in [4.78, 5) is 35.1. The van der Waals surface area contributed by atoms with E-state index in [2.05, 4.69) is 9.97 Å². The first-order valence-corrected chi connectivity index (χ1v) is 9.39. The van der Waals surface area contributed by atoms with Gasteiger partial charge in [-0.3, -0.25) is 9.78 Å². The molecule has 1 heterocycles. The first kappa shape index (κ1) is 20.2. The standard InChI is InChI=1S/C23H23N3O3/c1-17-13-25-21(14-24-17)23(28)29-18(2)22(27)26(15-19-9-5-3-6-10-19)16-20-11-7-4-8-12-20/h3-14,18H,15-16H2,1-2H3. The molecule has 148 valence electrons. The number of nitrogens with zero attached hydrogens (tertiary/aromatic N) is 3. The van der Waals surface area contributed by atoms with Crippen LogP contribution in [0.2, 0.25) is 0 Å². The Morgan fingerprint density at radius 3 is 1.93 bits per heavy atom. The molecule has 0 spiro atoms. The van der Waals surface area contributed by atoms with Crippen LogP contribution in [0.25, 0.3) is 0 Å². The van der Waals surface area contributed by atoms with E-state index >= 15 is 0 Å². The zero-order valence-electron chi connectivity index (χ0n) is 16.5. The monoisotopic (exact) mass is 389 g/mol. The summed E-state index contributed by atoms with van der Waals surface area (Å²) < 4.78 is 5.36. The molecule has 1 atom stereocenters. The molecule has 2 aromatic carbocycles. The number of benzene rings is 2. The lowest BCUT2D eigenvalue weighted by molar-refractivity contribution is -0.141. The summed E-state index contributed by atoms with van der Waals surface area (Å²) in [6.07, 6.45) is 1.89. The molecule has 1 aromatic heterocycles. The van der Waals surface area contributed by atoms with Crippen molar-refractivity contribution in [1.29, 1.82) is 0 Å². The topological polar surface area (TPSA) is 72.4 Å². The second-order valence-corrected chi connectivity index (χ2v) is 6.76. The van der Waals surface area contributed by atoms with Crippen molar-refractivity contribution in [1.82, 2.24) is 14.9 Å². The van der Waals surface area contributed by atoms with Crippen molar-refractivity contribution in [3.05, 3.63) is 95.6 Å². The van der Waals surface area contributed by atoms with Crippen LogP contribution in [0, 0.1) is 6.92 Å². The molecule has 0 aliphatic heterocycles. The Morgan fingerprint density at radius 2 is 1.45 bits per heavy atom. The summed E-state index contributed by atoms with van der Waals surface area (Å²) in [6.45, 7) is 4.19. The molecule has 0 N–H and O–H groups in total. The lowest BCUT2D eigenvalue weighted by Gasteiger charge is -2.26. The van der Waals surface area contributed by atoms with Crippen molar-refractivity contribution < 1.29 is 14.3 Å². The highest BCUT2D eigenvalue weighted by atomic mass is 16.5. The number of esters is 1. The van der Waals surface area contributed by atoms with Gasteiger partial charge in [0.25, 0.3) is 5.91 Å². The Bertz CT molecular complexity index is 903. The number of aromatic nitrogens is 2. The van der Waals surface area contributed by atoms with E-state index < -0.39 is 12.1 Å². The third-order valence-electron chi connectivity index (χ3n) is 4.37. The van der Waals surface area contributed by atoms with Crippen molar-refractivity contribution in [2.24, 2.45) is 0 Å². The predicted molar refractivity (Wildman–Crippen MR) is 109 cm³/mol. The molecule has 29 heavy (non-hydrogen) atoms. The molecule has 0 aliphatic rings. The SMILES string of the molecule is Cc1cnc(C(=O)OC(C)C(=O)N(Cc2ccccc2)Cc2ccccc2)cn1. The average molecular weight is 389 g/mol. The third kappa shape index (κ3) is 5.72. The summed E-state index contributed by atoms with van der Waals surface area (Å²) >= 11 is 0. The minimum Gasteiger partial charge on any atom is -0.448 e. The fourth-order valence-electron chi connectivity index (χ4n) is 2.85. The fraction of sp³-hybridized carbons (Fsp3) is 0.217. The third-order valence-corrected chi connectivity index (χ3v) is 4.37. The van der Waals surface area contributed by atoms with Crippen LogP contribution in [-0.4, -0.2) is 32.8 Å². The second-order valence-electron chi connectivity index (χ2n) is 6.76. The summed E-state index contributed by atoms with van der Waals surface area (Å²) in [6, 6.07) is 19.4. The van der Waals surface area contributed by atoms with E-state index in [1.165, 1.54) is 12.4 Å². The van der Waals surface area contributed by atoms with Crippen LogP contribution in [-0.2, 0) is 22.6 Å². The average Bonchev–Trinajstić information content (AvgIpc) is 2.74. The van der Waals surface area contributed by atoms with E-state index in [1.54, 1.807) is 18.7 Å². The first-order chi connectivity index (χ1) is 14.0. The molecule has 0 aliphatic carbocycles. The number of carbonyl (C=O) groups is 2. The zero-order valence-corrected chi connectivity index (χ0v) is 16.5. The minimum atomic E-state index is -0.946. The molecule has 6 nitrogen and oxygen atoms in total. The van der Waals surface area contributed by atoms with Crippen molar-refractivity contribution >= 4 is 11.9 Å². The second kappa shape index (κ2) is 9.59. The Hall–Kier alpha value is -3.54. The number of hydrogen-bond acceptors (Lipinski definition) is 5. The molecule has 0 radical (unpaired) electrons. The van der Waals surface area contributed by atoms with Crippen LogP contribution >= 0.6 is 0 Å². The highest BCUT2D eigenvalue weighted by Gasteiger charge is 2.25. The van der Waals surface area contributed by atoms with Crippen LogP contribution in [0.15, 0.2) is 73.1 Å². The van der Waals surface area contributed by atoms with Crippen LogP contribution in [0.1, 0.15) is 34.2 Å². The van der Waals surface area contributed by atoms with Gasteiger partial charge < -0.3 is 9.64 Å². The number of carbonyl (C=O) groups excluding carboxylic acids is 2. The van der Waals surface area contributed by atoms with Gasteiger partial charge in [-0.2, -0.15) is 0 Å². The maximum atomic E-state index is 13.1. The van der Waals surface area contributed by atoms with Gasteiger partial charge in [0.15, 0.2) is 11.8 Å². The summed E-state index contributed by atoms with van der Waals surface area (Å²) in [7, 11) is 0. The van der Waals surface area contributed by atoms with Gasteiger partial charge in [-0.25, -0.2) is 9.78 Å². The van der Waals surface area contributed by atoms with Gasteiger partial charge in [0.1, 0.15) is 0 Å². The molecule has 1 unspecified atom stereocenters. The summed E-state index contributed by atoms with van der Waals surface area (Å²) in [5.41, 5.74) is 2.77. The molecule has 6 heteroatoms. The molecule has 0 saturated carbocycles. The Balaban J connectivity index is 1.73. The maximum Gasteiger partial charge on any atom is 0.359 e. The smallest absolute Gasteiger partial charge is 0.359 e. The van der Waals surface area contributed by atoms with Gasteiger partial charge in [-0.15, -0.1) is 0 Å². The van der Waals surface area contributed by atoms with Crippen LogP contribution in [0.5, 0.6) is 0 Å². The molecule has 1 amide bonds.